The molecule has 0 fully saturated rings. The number of fused-ring (bicyclic) bond motifs is 1. The van der Waals surface area contributed by atoms with E-state index in [2.05, 4.69) is 45.0 Å². The summed E-state index contributed by atoms with van der Waals surface area (Å²) in [6.07, 6.45) is 2.28. The van der Waals surface area contributed by atoms with Crippen molar-refractivity contribution >= 4 is 21.0 Å². The fourth-order valence-corrected chi connectivity index (χ4v) is 4.25. The summed E-state index contributed by atoms with van der Waals surface area (Å²) in [6.45, 7) is 6.68. The Morgan fingerprint density at radius 2 is 1.94 bits per heavy atom. The Kier molecular flexibility index (Phi) is 2.93. The average molecular weight is 276 g/mol. The van der Waals surface area contributed by atoms with Crippen molar-refractivity contribution in [3.05, 3.63) is 39.9 Å². The molecule has 1 unspecified atom stereocenters. The third kappa shape index (κ3) is 2.07. The second kappa shape index (κ2) is 4.09. The molecule has 0 aromatic heterocycles. The molecule has 1 aliphatic rings. The van der Waals surface area contributed by atoms with Gasteiger partial charge in [0.25, 0.3) is 0 Å². The van der Waals surface area contributed by atoms with E-state index in [1.165, 1.54) is 15.6 Å². The predicted octanol–water partition coefficient (Wildman–Crippen LogP) is 3.36. The Morgan fingerprint density at radius 1 is 1.25 bits per heavy atom. The van der Waals surface area contributed by atoms with Crippen molar-refractivity contribution in [2.75, 3.05) is 0 Å². The van der Waals surface area contributed by atoms with Gasteiger partial charge in [-0.25, -0.2) is 0 Å². The van der Waals surface area contributed by atoms with Gasteiger partial charge >= 0.3 is 103 Å². The van der Waals surface area contributed by atoms with E-state index < -0.39 is 0 Å². The summed E-state index contributed by atoms with van der Waals surface area (Å²) in [6, 6.07) is 10.7. The molecule has 1 aromatic rings. The first kappa shape index (κ1) is 11.5. The van der Waals surface area contributed by atoms with Crippen molar-refractivity contribution in [2.24, 2.45) is 5.41 Å². The fourth-order valence-electron chi connectivity index (χ4n) is 1.74. The standard InChI is InChI=1S/C14H15NSe/c1-14(2,3)13-8-10-6-4-5-7-11(10)12(9-15)16-13/h4-8,12H,1-3H3. The molecule has 82 valence electrons. The van der Waals surface area contributed by atoms with E-state index >= 15 is 0 Å². The summed E-state index contributed by atoms with van der Waals surface area (Å²) in [5.41, 5.74) is 2.62. The second-order valence-electron chi connectivity index (χ2n) is 5.01. The number of rotatable bonds is 0. The van der Waals surface area contributed by atoms with Gasteiger partial charge in [-0.2, -0.15) is 0 Å². The van der Waals surface area contributed by atoms with Crippen molar-refractivity contribution in [1.82, 2.24) is 0 Å². The van der Waals surface area contributed by atoms with Gasteiger partial charge in [-0.3, -0.25) is 0 Å². The van der Waals surface area contributed by atoms with Gasteiger partial charge in [-0.15, -0.1) is 0 Å². The van der Waals surface area contributed by atoms with Crippen LogP contribution in [-0.4, -0.2) is 15.0 Å². The first-order valence-electron chi connectivity index (χ1n) is 5.40. The van der Waals surface area contributed by atoms with Crippen LogP contribution in [0.5, 0.6) is 0 Å². The molecule has 0 bridgehead atoms. The normalized spacial score (nSPS) is 19.6. The van der Waals surface area contributed by atoms with Crippen LogP contribution < -0.4 is 0 Å². The Morgan fingerprint density at radius 3 is 2.56 bits per heavy atom. The predicted molar refractivity (Wildman–Crippen MR) is 68.0 cm³/mol. The van der Waals surface area contributed by atoms with Gasteiger partial charge in [0.1, 0.15) is 0 Å². The summed E-state index contributed by atoms with van der Waals surface area (Å²) in [4.78, 5) is 0.0860. The average Bonchev–Trinajstić information content (AvgIpc) is 2.26. The molecule has 2 rings (SSSR count). The zero-order chi connectivity index (χ0) is 11.8. The SMILES string of the molecule is CC(C)(C)C1=Cc2ccccc2C(C#N)[Se]1. The second-order valence-corrected chi connectivity index (χ2v) is 7.42. The maximum atomic E-state index is 9.26. The van der Waals surface area contributed by atoms with Gasteiger partial charge in [0, 0.05) is 0 Å². The van der Waals surface area contributed by atoms with E-state index in [9.17, 15) is 5.26 Å². The van der Waals surface area contributed by atoms with Crippen molar-refractivity contribution in [3.8, 4) is 6.07 Å². The molecular formula is C14H15NSe. The van der Waals surface area contributed by atoms with Crippen LogP contribution in [0.2, 0.25) is 0 Å². The van der Waals surface area contributed by atoms with Crippen LogP contribution in [0.1, 0.15) is 36.7 Å². The van der Waals surface area contributed by atoms with E-state index in [-0.39, 0.29) is 25.2 Å². The van der Waals surface area contributed by atoms with Crippen molar-refractivity contribution < 1.29 is 0 Å². The van der Waals surface area contributed by atoms with E-state index in [4.69, 9.17) is 0 Å². The van der Waals surface area contributed by atoms with Gasteiger partial charge in [-0.05, 0) is 0 Å². The Hall–Kier alpha value is -1.03. The number of hydrogen-bond acceptors (Lipinski definition) is 1. The molecule has 0 spiro atoms. The molecule has 0 radical (unpaired) electrons. The summed E-state index contributed by atoms with van der Waals surface area (Å²) >= 11 is 0.265. The summed E-state index contributed by atoms with van der Waals surface area (Å²) in [5.74, 6) is 0. The molecule has 1 aromatic carbocycles. The number of hydrogen-bond donors (Lipinski definition) is 0. The van der Waals surface area contributed by atoms with Gasteiger partial charge in [0.15, 0.2) is 0 Å². The molecular weight excluding hydrogens is 261 g/mol. The first-order chi connectivity index (χ1) is 7.52. The van der Waals surface area contributed by atoms with E-state index in [0.717, 1.165) is 0 Å². The third-order valence-electron chi connectivity index (χ3n) is 2.67. The molecule has 2 heteroatoms. The van der Waals surface area contributed by atoms with Crippen molar-refractivity contribution in [2.45, 2.75) is 25.6 Å². The van der Waals surface area contributed by atoms with E-state index in [1.54, 1.807) is 0 Å². The van der Waals surface area contributed by atoms with Gasteiger partial charge in [0.2, 0.25) is 0 Å². The fraction of sp³-hybridized carbons (Fsp3) is 0.357. The number of allylic oxidation sites excluding steroid dienone is 1. The van der Waals surface area contributed by atoms with Crippen LogP contribution in [0, 0.1) is 16.7 Å². The monoisotopic (exact) mass is 277 g/mol. The minimum atomic E-state index is 0.0860. The molecule has 1 nitrogen and oxygen atoms in total. The minimum absolute atomic E-state index is 0.0860. The molecule has 0 saturated heterocycles. The first-order valence-corrected chi connectivity index (χ1v) is 7.24. The number of nitrogens with zero attached hydrogens (tertiary/aromatic N) is 1. The quantitative estimate of drug-likeness (QED) is 0.667. The van der Waals surface area contributed by atoms with E-state index in [0.29, 0.717) is 0 Å². The zero-order valence-corrected chi connectivity index (χ0v) is 11.5. The molecule has 1 heterocycles. The molecule has 0 aliphatic carbocycles. The Balaban J connectivity index is 2.52. The molecule has 16 heavy (non-hydrogen) atoms. The van der Waals surface area contributed by atoms with Crippen molar-refractivity contribution in [1.29, 1.82) is 5.26 Å². The van der Waals surface area contributed by atoms with Crippen LogP contribution in [0.15, 0.2) is 28.7 Å². The van der Waals surface area contributed by atoms with Gasteiger partial charge in [0.05, 0.1) is 0 Å². The van der Waals surface area contributed by atoms with Crippen LogP contribution in [-0.2, 0) is 0 Å². The third-order valence-corrected chi connectivity index (χ3v) is 5.98. The van der Waals surface area contributed by atoms with Crippen LogP contribution in [0.25, 0.3) is 6.08 Å². The van der Waals surface area contributed by atoms with Crippen LogP contribution >= 0.6 is 0 Å². The topological polar surface area (TPSA) is 23.8 Å². The van der Waals surface area contributed by atoms with Crippen molar-refractivity contribution in [3.63, 3.8) is 0 Å². The zero-order valence-electron chi connectivity index (χ0n) is 9.82. The number of benzene rings is 1. The molecule has 1 aliphatic heterocycles. The molecule has 0 N–H and O–H groups in total. The van der Waals surface area contributed by atoms with Crippen LogP contribution in [0.3, 0.4) is 0 Å². The Labute approximate surface area is 103 Å². The summed E-state index contributed by atoms with van der Waals surface area (Å²) < 4.78 is 1.44. The summed E-state index contributed by atoms with van der Waals surface area (Å²) in [7, 11) is 0. The molecule has 1 atom stereocenters. The molecule has 0 saturated carbocycles. The maximum absolute atomic E-state index is 9.26. The Bertz CT molecular complexity index is 474. The van der Waals surface area contributed by atoms with Crippen LogP contribution in [0.4, 0.5) is 0 Å². The number of nitriles is 1. The molecule has 0 amide bonds. The van der Waals surface area contributed by atoms with E-state index in [1.807, 2.05) is 12.1 Å². The van der Waals surface area contributed by atoms with Gasteiger partial charge in [-0.1, -0.05) is 0 Å². The van der Waals surface area contributed by atoms with Gasteiger partial charge < -0.3 is 0 Å². The summed E-state index contributed by atoms with van der Waals surface area (Å²) in [5, 5.41) is 9.26.